The van der Waals surface area contributed by atoms with Gasteiger partial charge in [0.05, 0.1) is 30.1 Å². The maximum Gasteiger partial charge on any atom is 0.338 e. The molecule has 3 aromatic rings. The van der Waals surface area contributed by atoms with Crippen molar-refractivity contribution < 1.29 is 23.8 Å². The van der Waals surface area contributed by atoms with Crippen LogP contribution in [0.5, 0.6) is 11.5 Å². The number of carbonyl (C=O) groups excluding carboxylic acids is 2. The minimum Gasteiger partial charge on any atom is -0.494 e. The number of amides is 1. The maximum atomic E-state index is 12.2. The molecule has 0 spiro atoms. The Balaban J connectivity index is 1.38. The van der Waals surface area contributed by atoms with Crippen LogP contribution in [-0.2, 0) is 9.53 Å². The van der Waals surface area contributed by atoms with E-state index in [-0.39, 0.29) is 6.61 Å². The Labute approximate surface area is 187 Å². The third-order valence-electron chi connectivity index (χ3n) is 4.52. The zero-order valence-electron chi connectivity index (χ0n) is 18.5. The van der Waals surface area contributed by atoms with Gasteiger partial charge in [0.25, 0.3) is 5.91 Å². The van der Waals surface area contributed by atoms with Crippen molar-refractivity contribution in [2.24, 2.45) is 0 Å². The summed E-state index contributed by atoms with van der Waals surface area (Å²) in [5.41, 5.74) is 3.13. The highest BCUT2D eigenvalue weighted by Crippen LogP contribution is 2.17. The second-order valence-electron chi connectivity index (χ2n) is 7.06. The van der Waals surface area contributed by atoms with Crippen LogP contribution in [0.25, 0.3) is 5.69 Å². The van der Waals surface area contributed by atoms with Gasteiger partial charge in [-0.2, -0.15) is 5.10 Å². The standard InChI is InChI=1S/C24H27N3O5/c1-4-30-21-9-11-22(12-10-21)31-14-13-25-23(28)16-32-24(29)19-5-7-20(8-6-19)27-18(3)15-17(2)26-27/h5-12,15H,4,13-14,16H2,1-3H3,(H,25,28). The van der Waals surface area contributed by atoms with Crippen LogP contribution in [0, 0.1) is 13.8 Å². The van der Waals surface area contributed by atoms with E-state index in [1.807, 2.05) is 39.0 Å². The number of esters is 1. The summed E-state index contributed by atoms with van der Waals surface area (Å²) in [6.45, 7) is 6.64. The second-order valence-corrected chi connectivity index (χ2v) is 7.06. The molecule has 8 heteroatoms. The molecular formula is C24H27N3O5. The first-order valence-electron chi connectivity index (χ1n) is 10.4. The number of nitrogens with zero attached hydrogens (tertiary/aromatic N) is 2. The Hall–Kier alpha value is -3.81. The number of hydrogen-bond donors (Lipinski definition) is 1. The molecule has 0 atom stereocenters. The third-order valence-corrected chi connectivity index (χ3v) is 4.52. The van der Waals surface area contributed by atoms with Crippen LogP contribution in [0.15, 0.2) is 54.6 Å². The van der Waals surface area contributed by atoms with Crippen LogP contribution in [0.3, 0.4) is 0 Å². The maximum absolute atomic E-state index is 12.2. The molecule has 0 aliphatic carbocycles. The summed E-state index contributed by atoms with van der Waals surface area (Å²) in [4.78, 5) is 24.1. The molecule has 2 aromatic carbocycles. The number of nitrogens with one attached hydrogen (secondary N) is 1. The van der Waals surface area contributed by atoms with Crippen molar-refractivity contribution in [3.8, 4) is 17.2 Å². The van der Waals surface area contributed by atoms with Gasteiger partial charge in [-0.25, -0.2) is 9.48 Å². The van der Waals surface area contributed by atoms with Gasteiger partial charge in [-0.15, -0.1) is 0 Å². The van der Waals surface area contributed by atoms with E-state index < -0.39 is 11.9 Å². The highest BCUT2D eigenvalue weighted by molar-refractivity contribution is 5.91. The number of carbonyl (C=O) groups is 2. The predicted octanol–water partition coefficient (Wildman–Crippen LogP) is 3.24. The molecule has 0 unspecified atom stereocenters. The van der Waals surface area contributed by atoms with Crippen LogP contribution in [-0.4, -0.2) is 48.0 Å². The molecule has 0 aliphatic heterocycles. The van der Waals surface area contributed by atoms with Gasteiger partial charge in [-0.1, -0.05) is 0 Å². The van der Waals surface area contributed by atoms with E-state index in [1.165, 1.54) is 0 Å². The minimum atomic E-state index is -0.564. The van der Waals surface area contributed by atoms with Gasteiger partial charge < -0.3 is 19.5 Å². The second kappa shape index (κ2) is 11.0. The fourth-order valence-electron chi connectivity index (χ4n) is 3.05. The summed E-state index contributed by atoms with van der Waals surface area (Å²) < 4.78 is 17.8. The van der Waals surface area contributed by atoms with Crippen molar-refractivity contribution in [2.45, 2.75) is 20.8 Å². The lowest BCUT2D eigenvalue weighted by Gasteiger charge is -2.09. The fourth-order valence-corrected chi connectivity index (χ4v) is 3.05. The molecule has 0 bridgehead atoms. The van der Waals surface area contributed by atoms with Crippen LogP contribution in [0.2, 0.25) is 0 Å². The third kappa shape index (κ3) is 6.34. The lowest BCUT2D eigenvalue weighted by atomic mass is 10.2. The van der Waals surface area contributed by atoms with Crippen LogP contribution in [0.1, 0.15) is 28.7 Å². The Kier molecular flexibility index (Phi) is 7.85. The van der Waals surface area contributed by atoms with Crippen LogP contribution >= 0.6 is 0 Å². The average Bonchev–Trinajstić information content (AvgIpc) is 3.14. The van der Waals surface area contributed by atoms with Crippen molar-refractivity contribution in [3.05, 3.63) is 71.5 Å². The molecular weight excluding hydrogens is 410 g/mol. The zero-order chi connectivity index (χ0) is 22.9. The van der Waals surface area contributed by atoms with Crippen molar-refractivity contribution in [2.75, 3.05) is 26.4 Å². The van der Waals surface area contributed by atoms with Crippen molar-refractivity contribution >= 4 is 11.9 Å². The molecule has 1 N–H and O–H groups in total. The molecule has 168 valence electrons. The summed E-state index contributed by atoms with van der Waals surface area (Å²) in [6.07, 6.45) is 0. The van der Waals surface area contributed by atoms with E-state index in [2.05, 4.69) is 10.4 Å². The van der Waals surface area contributed by atoms with E-state index in [0.29, 0.717) is 31.1 Å². The van der Waals surface area contributed by atoms with Crippen LogP contribution in [0.4, 0.5) is 0 Å². The molecule has 0 radical (unpaired) electrons. The first-order chi connectivity index (χ1) is 15.5. The quantitative estimate of drug-likeness (QED) is 0.387. The summed E-state index contributed by atoms with van der Waals surface area (Å²) in [5.74, 6) is 0.493. The monoisotopic (exact) mass is 437 g/mol. The lowest BCUT2D eigenvalue weighted by Crippen LogP contribution is -2.32. The number of aryl methyl sites for hydroxylation is 2. The Morgan fingerprint density at radius 3 is 2.22 bits per heavy atom. The molecule has 0 saturated carbocycles. The van der Waals surface area contributed by atoms with E-state index in [1.54, 1.807) is 41.1 Å². The summed E-state index contributed by atoms with van der Waals surface area (Å²) in [6, 6.07) is 16.1. The number of benzene rings is 2. The number of hydrogen-bond acceptors (Lipinski definition) is 6. The smallest absolute Gasteiger partial charge is 0.338 e. The van der Waals surface area contributed by atoms with E-state index in [4.69, 9.17) is 14.2 Å². The van der Waals surface area contributed by atoms with Gasteiger partial charge in [0.15, 0.2) is 6.61 Å². The highest BCUT2D eigenvalue weighted by atomic mass is 16.5. The normalized spacial score (nSPS) is 10.5. The van der Waals surface area contributed by atoms with Crippen LogP contribution < -0.4 is 14.8 Å². The summed E-state index contributed by atoms with van der Waals surface area (Å²) >= 11 is 0. The molecule has 1 aromatic heterocycles. The molecule has 32 heavy (non-hydrogen) atoms. The van der Waals surface area contributed by atoms with Gasteiger partial charge in [0, 0.05) is 5.69 Å². The van der Waals surface area contributed by atoms with Gasteiger partial charge in [0.2, 0.25) is 0 Å². The number of ether oxygens (including phenoxy) is 3. The predicted molar refractivity (Wildman–Crippen MR) is 119 cm³/mol. The van der Waals surface area contributed by atoms with Gasteiger partial charge in [-0.05, 0) is 75.4 Å². The largest absolute Gasteiger partial charge is 0.494 e. The fraction of sp³-hybridized carbons (Fsp3) is 0.292. The molecule has 0 fully saturated rings. The number of rotatable bonds is 10. The SMILES string of the molecule is CCOc1ccc(OCCNC(=O)COC(=O)c2ccc(-n3nc(C)cc3C)cc2)cc1. The van der Waals surface area contributed by atoms with Gasteiger partial charge in [-0.3, -0.25) is 4.79 Å². The number of aromatic nitrogens is 2. The Bertz CT molecular complexity index is 1040. The zero-order valence-corrected chi connectivity index (χ0v) is 18.5. The first-order valence-corrected chi connectivity index (χ1v) is 10.4. The average molecular weight is 437 g/mol. The molecule has 8 nitrogen and oxygen atoms in total. The van der Waals surface area contributed by atoms with E-state index in [9.17, 15) is 9.59 Å². The minimum absolute atomic E-state index is 0.293. The lowest BCUT2D eigenvalue weighted by molar-refractivity contribution is -0.124. The Morgan fingerprint density at radius 1 is 0.969 bits per heavy atom. The van der Waals surface area contributed by atoms with Crippen molar-refractivity contribution in [3.63, 3.8) is 0 Å². The van der Waals surface area contributed by atoms with Crippen molar-refractivity contribution in [1.82, 2.24) is 15.1 Å². The molecule has 1 heterocycles. The topological polar surface area (TPSA) is 91.7 Å². The molecule has 1 amide bonds. The highest BCUT2D eigenvalue weighted by Gasteiger charge is 2.11. The first kappa shape index (κ1) is 22.9. The van der Waals surface area contributed by atoms with Gasteiger partial charge >= 0.3 is 5.97 Å². The van der Waals surface area contributed by atoms with E-state index >= 15 is 0 Å². The molecule has 0 aliphatic rings. The molecule has 0 saturated heterocycles. The summed E-state index contributed by atoms with van der Waals surface area (Å²) in [5, 5.41) is 7.07. The Morgan fingerprint density at radius 2 is 1.62 bits per heavy atom. The van der Waals surface area contributed by atoms with E-state index in [0.717, 1.165) is 22.8 Å². The van der Waals surface area contributed by atoms with Crippen molar-refractivity contribution in [1.29, 1.82) is 0 Å². The van der Waals surface area contributed by atoms with Gasteiger partial charge in [0.1, 0.15) is 18.1 Å². The summed E-state index contributed by atoms with van der Waals surface area (Å²) in [7, 11) is 0. The molecule has 3 rings (SSSR count).